The third-order valence-electron chi connectivity index (χ3n) is 7.04. The van der Waals surface area contributed by atoms with Gasteiger partial charge in [-0.2, -0.15) is 0 Å². The predicted molar refractivity (Wildman–Crippen MR) is 184 cm³/mol. The number of fused-ring (bicyclic) bond motifs is 1. The first-order valence-electron chi connectivity index (χ1n) is 14.4. The van der Waals surface area contributed by atoms with Gasteiger partial charge in [-0.15, -0.1) is 0 Å². The van der Waals surface area contributed by atoms with Crippen molar-refractivity contribution in [2.75, 3.05) is 13.7 Å². The molecule has 0 saturated carbocycles. The van der Waals surface area contributed by atoms with E-state index in [9.17, 15) is 9.59 Å². The largest absolute Gasteiger partial charge is 0.493 e. The molecule has 0 aliphatic carbocycles. The van der Waals surface area contributed by atoms with Crippen molar-refractivity contribution in [3.05, 3.63) is 117 Å². The number of hydrogen-bond acceptors (Lipinski definition) is 8. The van der Waals surface area contributed by atoms with E-state index in [-0.39, 0.29) is 30.5 Å². The lowest BCUT2D eigenvalue weighted by Crippen LogP contribution is -2.40. The van der Waals surface area contributed by atoms with Gasteiger partial charge in [-0.25, -0.2) is 9.79 Å². The summed E-state index contributed by atoms with van der Waals surface area (Å²) in [5.74, 6) is 0.882. The number of carbonyl (C=O) groups excluding carboxylic acids is 1. The Balaban J connectivity index is 1.69. The van der Waals surface area contributed by atoms with E-state index in [1.807, 2.05) is 44.2 Å². The zero-order chi connectivity index (χ0) is 33.1. The molecule has 0 fully saturated rings. The van der Waals surface area contributed by atoms with Crippen LogP contribution in [0.1, 0.15) is 50.4 Å². The molecule has 1 aromatic heterocycles. The first kappa shape index (κ1) is 33.8. The molecular formula is C34H31BrCl2N2O6S. The minimum atomic E-state index is -0.827. The second-order valence-corrected chi connectivity index (χ2v) is 13.3. The average molecular weight is 747 g/mol. The van der Waals surface area contributed by atoms with Crippen LogP contribution in [0.15, 0.2) is 80.1 Å². The van der Waals surface area contributed by atoms with Gasteiger partial charge in [-0.1, -0.05) is 74.7 Å². The van der Waals surface area contributed by atoms with Gasteiger partial charge in [0.2, 0.25) is 0 Å². The summed E-state index contributed by atoms with van der Waals surface area (Å²) in [4.78, 5) is 32.8. The van der Waals surface area contributed by atoms with Crippen molar-refractivity contribution >= 4 is 62.5 Å². The molecule has 2 heterocycles. The Hall–Kier alpha value is -3.57. The molecule has 0 saturated heterocycles. The van der Waals surface area contributed by atoms with Crippen LogP contribution in [0.5, 0.6) is 17.2 Å². The van der Waals surface area contributed by atoms with Gasteiger partial charge in [0.15, 0.2) is 16.3 Å². The molecule has 0 unspecified atom stereocenters. The van der Waals surface area contributed by atoms with Crippen molar-refractivity contribution in [1.82, 2.24) is 4.57 Å². The van der Waals surface area contributed by atoms with Gasteiger partial charge in [-0.05, 0) is 64.1 Å². The van der Waals surface area contributed by atoms with E-state index in [4.69, 9.17) is 47.1 Å². The number of thiazole rings is 1. The minimum Gasteiger partial charge on any atom is -0.493 e. The summed E-state index contributed by atoms with van der Waals surface area (Å²) in [5.41, 5.74) is 2.35. The van der Waals surface area contributed by atoms with Gasteiger partial charge < -0.3 is 18.9 Å². The Morgan fingerprint density at radius 2 is 1.89 bits per heavy atom. The third kappa shape index (κ3) is 7.05. The molecule has 0 bridgehead atoms. The Morgan fingerprint density at radius 1 is 1.13 bits per heavy atom. The van der Waals surface area contributed by atoms with Crippen molar-refractivity contribution in [1.29, 1.82) is 0 Å². The number of nitrogens with zero attached hydrogens (tertiary/aromatic N) is 2. The lowest BCUT2D eigenvalue weighted by atomic mass is 9.95. The van der Waals surface area contributed by atoms with Crippen LogP contribution in [0.2, 0.25) is 10.0 Å². The SMILES string of the molecule is CCOC(=O)C1=C(C)N=c2s/c(=C\c3cc(Br)cc(OC)c3OCc3ccc(Cl)cc3Cl)c(=O)n2[C@@H]1c1ccccc1OC(C)C. The molecule has 46 heavy (non-hydrogen) atoms. The van der Waals surface area contributed by atoms with Crippen LogP contribution in [0.4, 0.5) is 0 Å². The molecule has 0 radical (unpaired) electrons. The van der Waals surface area contributed by atoms with E-state index in [0.717, 1.165) is 10.0 Å². The predicted octanol–water partition coefficient (Wildman–Crippen LogP) is 7.24. The zero-order valence-corrected chi connectivity index (χ0v) is 29.6. The summed E-state index contributed by atoms with van der Waals surface area (Å²) in [5, 5.41) is 0.983. The fourth-order valence-electron chi connectivity index (χ4n) is 5.09. The Labute approximate surface area is 288 Å². The molecule has 12 heteroatoms. The van der Waals surface area contributed by atoms with Crippen molar-refractivity contribution < 1.29 is 23.7 Å². The van der Waals surface area contributed by atoms with Gasteiger partial charge in [0.25, 0.3) is 5.56 Å². The molecule has 0 amide bonds. The third-order valence-corrected chi connectivity index (χ3v) is 9.06. The number of allylic oxidation sites excluding steroid dienone is 1. The molecule has 5 rings (SSSR count). The number of methoxy groups -OCH3 is 1. The lowest BCUT2D eigenvalue weighted by molar-refractivity contribution is -0.139. The molecule has 0 N–H and O–H groups in total. The van der Waals surface area contributed by atoms with Gasteiger partial charge in [0, 0.05) is 31.2 Å². The Kier molecular flexibility index (Phi) is 10.6. The van der Waals surface area contributed by atoms with Crippen LogP contribution >= 0.6 is 50.5 Å². The number of esters is 1. The Morgan fingerprint density at radius 3 is 2.59 bits per heavy atom. The topological polar surface area (TPSA) is 88.4 Å². The van der Waals surface area contributed by atoms with E-state index < -0.39 is 12.0 Å². The summed E-state index contributed by atoms with van der Waals surface area (Å²) in [6.07, 6.45) is 1.59. The zero-order valence-electron chi connectivity index (χ0n) is 25.7. The lowest BCUT2D eigenvalue weighted by Gasteiger charge is -2.26. The van der Waals surface area contributed by atoms with E-state index >= 15 is 0 Å². The summed E-state index contributed by atoms with van der Waals surface area (Å²) in [7, 11) is 1.54. The summed E-state index contributed by atoms with van der Waals surface area (Å²) in [6.45, 7) is 7.62. The number of hydrogen-bond donors (Lipinski definition) is 0. The number of carbonyl (C=O) groups is 1. The van der Waals surface area contributed by atoms with Gasteiger partial charge >= 0.3 is 5.97 Å². The molecule has 3 aromatic carbocycles. The summed E-state index contributed by atoms with van der Waals surface area (Å²) >= 11 is 17.2. The number of halogens is 3. The van der Waals surface area contributed by atoms with E-state index in [1.54, 1.807) is 44.2 Å². The first-order valence-corrected chi connectivity index (χ1v) is 16.8. The van der Waals surface area contributed by atoms with Crippen molar-refractivity contribution in [3.8, 4) is 17.2 Å². The van der Waals surface area contributed by atoms with Gasteiger partial charge in [0.1, 0.15) is 18.4 Å². The number of para-hydroxylation sites is 1. The van der Waals surface area contributed by atoms with Crippen LogP contribution in [-0.4, -0.2) is 30.4 Å². The first-order chi connectivity index (χ1) is 22.0. The normalized spacial score (nSPS) is 14.6. The minimum absolute atomic E-state index is 0.130. The monoisotopic (exact) mass is 744 g/mol. The molecule has 240 valence electrons. The summed E-state index contributed by atoms with van der Waals surface area (Å²) in [6, 6.07) is 15.3. The van der Waals surface area contributed by atoms with Crippen molar-refractivity contribution in [2.24, 2.45) is 4.99 Å². The van der Waals surface area contributed by atoms with Crippen molar-refractivity contribution in [3.63, 3.8) is 0 Å². The fourth-order valence-corrected chi connectivity index (χ4v) is 7.04. The van der Waals surface area contributed by atoms with Crippen LogP contribution in [0, 0.1) is 0 Å². The van der Waals surface area contributed by atoms with Crippen LogP contribution in [0.25, 0.3) is 6.08 Å². The van der Waals surface area contributed by atoms with Crippen molar-refractivity contribution in [2.45, 2.75) is 46.4 Å². The standard InChI is InChI=1S/C34H31BrCl2N2O6S/c1-6-43-33(41)29-19(4)38-34-39(30(29)24-9-7-8-10-26(24)45-18(2)3)32(40)28(46-34)14-21-13-22(35)15-27(42-5)31(21)44-17-20-11-12-23(36)16-25(20)37/h7-16,18,30H,6,17H2,1-5H3/b28-14-/t30-/m1/s1. The van der Waals surface area contributed by atoms with E-state index in [1.165, 1.54) is 23.0 Å². The maximum absolute atomic E-state index is 14.3. The highest BCUT2D eigenvalue weighted by molar-refractivity contribution is 9.10. The fraction of sp³-hybridized carbons (Fsp3) is 0.265. The highest BCUT2D eigenvalue weighted by Gasteiger charge is 2.35. The quantitative estimate of drug-likeness (QED) is 0.159. The second kappa shape index (κ2) is 14.5. The Bertz CT molecular complexity index is 2020. The highest BCUT2D eigenvalue weighted by Crippen LogP contribution is 2.38. The maximum Gasteiger partial charge on any atom is 0.338 e. The molecule has 1 aliphatic heterocycles. The van der Waals surface area contributed by atoms with Crippen LogP contribution in [-0.2, 0) is 16.1 Å². The number of ether oxygens (including phenoxy) is 4. The molecule has 0 spiro atoms. The number of benzene rings is 3. The van der Waals surface area contributed by atoms with Gasteiger partial charge in [0.05, 0.1) is 35.6 Å². The second-order valence-electron chi connectivity index (χ2n) is 10.6. The van der Waals surface area contributed by atoms with E-state index in [2.05, 4.69) is 15.9 Å². The number of aromatic nitrogens is 1. The number of rotatable bonds is 10. The van der Waals surface area contributed by atoms with Crippen LogP contribution in [0.3, 0.4) is 0 Å². The van der Waals surface area contributed by atoms with E-state index in [0.29, 0.717) is 53.5 Å². The molecular weight excluding hydrogens is 715 g/mol. The molecule has 4 aromatic rings. The highest BCUT2D eigenvalue weighted by atomic mass is 79.9. The average Bonchev–Trinajstić information content (AvgIpc) is 3.30. The summed E-state index contributed by atoms with van der Waals surface area (Å²) < 4.78 is 26.1. The maximum atomic E-state index is 14.3. The van der Waals surface area contributed by atoms with Crippen LogP contribution < -0.4 is 29.1 Å². The molecule has 8 nitrogen and oxygen atoms in total. The smallest absolute Gasteiger partial charge is 0.338 e. The molecule has 1 aliphatic rings. The van der Waals surface area contributed by atoms with Gasteiger partial charge in [-0.3, -0.25) is 9.36 Å². The molecule has 1 atom stereocenters.